The maximum absolute atomic E-state index is 12.2. The summed E-state index contributed by atoms with van der Waals surface area (Å²) in [4.78, 5) is 14.4. The third-order valence-corrected chi connectivity index (χ3v) is 3.34. The second kappa shape index (κ2) is 5.92. The van der Waals surface area contributed by atoms with Gasteiger partial charge in [-0.3, -0.25) is 9.48 Å². The van der Waals surface area contributed by atoms with Crippen molar-refractivity contribution in [2.45, 2.75) is 0 Å². The molecule has 21 heavy (non-hydrogen) atoms. The van der Waals surface area contributed by atoms with Crippen LogP contribution in [-0.4, -0.2) is 47.2 Å². The summed E-state index contributed by atoms with van der Waals surface area (Å²) < 4.78 is 6.87. The number of hydrogen-bond acceptors (Lipinski definition) is 5. The molecular formula is C14H17N5O2. The van der Waals surface area contributed by atoms with E-state index in [1.165, 1.54) is 4.68 Å². The maximum Gasteiger partial charge on any atom is 0.277 e. The van der Waals surface area contributed by atoms with Crippen molar-refractivity contribution >= 4 is 17.3 Å². The van der Waals surface area contributed by atoms with Gasteiger partial charge >= 0.3 is 0 Å². The predicted molar refractivity (Wildman–Crippen MR) is 78.4 cm³/mol. The standard InChI is InChI=1S/C14H17N5O2/c1-18-10-12(16-17-18)14(20)15-11-4-2-3-5-13(11)19-6-8-21-9-7-19/h2-5,10H,6-9H2,1H3,(H,15,20). The molecule has 7 heteroatoms. The number of hydrogen-bond donors (Lipinski definition) is 1. The summed E-state index contributed by atoms with van der Waals surface area (Å²) in [5, 5.41) is 10.5. The zero-order valence-corrected chi connectivity index (χ0v) is 11.8. The van der Waals surface area contributed by atoms with Crippen molar-refractivity contribution in [1.29, 1.82) is 0 Å². The molecule has 1 N–H and O–H groups in total. The Hall–Kier alpha value is -2.41. The molecule has 1 aliphatic heterocycles. The number of benzene rings is 1. The van der Waals surface area contributed by atoms with Crippen molar-refractivity contribution in [3.8, 4) is 0 Å². The molecule has 110 valence electrons. The van der Waals surface area contributed by atoms with Crippen molar-refractivity contribution in [1.82, 2.24) is 15.0 Å². The van der Waals surface area contributed by atoms with Crippen LogP contribution in [-0.2, 0) is 11.8 Å². The molecule has 2 heterocycles. The number of aryl methyl sites for hydroxylation is 1. The Morgan fingerprint density at radius 1 is 1.29 bits per heavy atom. The van der Waals surface area contributed by atoms with Crippen molar-refractivity contribution in [2.75, 3.05) is 36.5 Å². The van der Waals surface area contributed by atoms with Crippen LogP contribution in [0, 0.1) is 0 Å². The molecule has 0 spiro atoms. The summed E-state index contributed by atoms with van der Waals surface area (Å²) in [7, 11) is 1.73. The first-order valence-electron chi connectivity index (χ1n) is 6.83. The summed E-state index contributed by atoms with van der Waals surface area (Å²) in [6, 6.07) is 7.75. The first kappa shape index (κ1) is 13.6. The van der Waals surface area contributed by atoms with Crippen LogP contribution in [0.5, 0.6) is 0 Å². The molecule has 0 saturated carbocycles. The number of ether oxygens (including phenoxy) is 1. The summed E-state index contributed by atoms with van der Waals surface area (Å²) >= 11 is 0. The predicted octanol–water partition coefficient (Wildman–Crippen LogP) is 0.904. The minimum absolute atomic E-state index is 0.260. The lowest BCUT2D eigenvalue weighted by atomic mass is 10.2. The average Bonchev–Trinajstić information content (AvgIpc) is 2.95. The molecule has 1 amide bonds. The minimum atomic E-state index is -0.260. The SMILES string of the molecule is Cn1cc(C(=O)Nc2ccccc2N2CCOCC2)nn1. The molecule has 0 bridgehead atoms. The number of nitrogens with zero attached hydrogens (tertiary/aromatic N) is 4. The Kier molecular flexibility index (Phi) is 3.83. The molecule has 1 aromatic heterocycles. The lowest BCUT2D eigenvalue weighted by Gasteiger charge is -2.30. The quantitative estimate of drug-likeness (QED) is 0.908. The Morgan fingerprint density at radius 3 is 2.76 bits per heavy atom. The van der Waals surface area contributed by atoms with Gasteiger partial charge in [-0.15, -0.1) is 5.10 Å². The van der Waals surface area contributed by atoms with Crippen LogP contribution >= 0.6 is 0 Å². The zero-order chi connectivity index (χ0) is 14.7. The number of nitrogens with one attached hydrogen (secondary N) is 1. The third-order valence-electron chi connectivity index (χ3n) is 3.34. The molecule has 1 fully saturated rings. The van der Waals surface area contributed by atoms with Crippen LogP contribution in [0.2, 0.25) is 0 Å². The van der Waals surface area contributed by atoms with E-state index in [4.69, 9.17) is 4.74 Å². The van der Waals surface area contributed by atoms with E-state index in [0.717, 1.165) is 24.5 Å². The smallest absolute Gasteiger partial charge is 0.277 e. The van der Waals surface area contributed by atoms with Crippen molar-refractivity contribution in [3.63, 3.8) is 0 Å². The van der Waals surface area contributed by atoms with Crippen LogP contribution in [0.25, 0.3) is 0 Å². The molecule has 0 unspecified atom stereocenters. The van der Waals surface area contributed by atoms with Gasteiger partial charge in [0.05, 0.1) is 30.8 Å². The molecule has 1 saturated heterocycles. The van der Waals surface area contributed by atoms with Gasteiger partial charge in [0.25, 0.3) is 5.91 Å². The first-order chi connectivity index (χ1) is 10.2. The van der Waals surface area contributed by atoms with E-state index in [1.54, 1.807) is 13.2 Å². The molecular weight excluding hydrogens is 270 g/mol. The highest BCUT2D eigenvalue weighted by Crippen LogP contribution is 2.26. The first-order valence-corrected chi connectivity index (χ1v) is 6.83. The largest absolute Gasteiger partial charge is 0.378 e. The molecule has 0 radical (unpaired) electrons. The number of rotatable bonds is 3. The van der Waals surface area contributed by atoms with Crippen LogP contribution in [0.3, 0.4) is 0 Å². The van der Waals surface area contributed by atoms with Crippen LogP contribution in [0.1, 0.15) is 10.5 Å². The Labute approximate surface area is 122 Å². The summed E-state index contributed by atoms with van der Waals surface area (Å²) in [5.41, 5.74) is 2.07. The number of carbonyl (C=O) groups is 1. The summed E-state index contributed by atoms with van der Waals surface area (Å²) in [6.45, 7) is 3.04. The van der Waals surface area contributed by atoms with Crippen LogP contribution < -0.4 is 10.2 Å². The van der Waals surface area contributed by atoms with E-state index in [-0.39, 0.29) is 5.91 Å². The number of para-hydroxylation sites is 2. The van der Waals surface area contributed by atoms with E-state index in [9.17, 15) is 4.79 Å². The van der Waals surface area contributed by atoms with Gasteiger partial charge in [0.1, 0.15) is 0 Å². The molecule has 2 aromatic rings. The van der Waals surface area contributed by atoms with Gasteiger partial charge in [-0.2, -0.15) is 0 Å². The highest BCUT2D eigenvalue weighted by Gasteiger charge is 2.17. The van der Waals surface area contributed by atoms with E-state index in [1.807, 2.05) is 24.3 Å². The van der Waals surface area contributed by atoms with Gasteiger partial charge in [-0.1, -0.05) is 17.3 Å². The number of anilines is 2. The molecule has 1 aliphatic rings. The van der Waals surface area contributed by atoms with Crippen LogP contribution in [0.15, 0.2) is 30.5 Å². The second-order valence-corrected chi connectivity index (χ2v) is 4.85. The van der Waals surface area contributed by atoms with E-state index < -0.39 is 0 Å². The summed E-state index contributed by atoms with van der Waals surface area (Å²) in [6.07, 6.45) is 1.59. The fourth-order valence-corrected chi connectivity index (χ4v) is 2.30. The average molecular weight is 287 g/mol. The minimum Gasteiger partial charge on any atom is -0.378 e. The van der Waals surface area contributed by atoms with Gasteiger partial charge in [0.15, 0.2) is 5.69 Å². The van der Waals surface area contributed by atoms with E-state index in [0.29, 0.717) is 18.9 Å². The van der Waals surface area contributed by atoms with Gasteiger partial charge in [0.2, 0.25) is 0 Å². The monoisotopic (exact) mass is 287 g/mol. The molecule has 7 nitrogen and oxygen atoms in total. The van der Waals surface area contributed by atoms with Gasteiger partial charge < -0.3 is 15.0 Å². The summed E-state index contributed by atoms with van der Waals surface area (Å²) in [5.74, 6) is -0.260. The lowest BCUT2D eigenvalue weighted by Crippen LogP contribution is -2.36. The van der Waals surface area contributed by atoms with Gasteiger partial charge in [-0.05, 0) is 12.1 Å². The van der Waals surface area contributed by atoms with E-state index in [2.05, 4.69) is 20.5 Å². The fourth-order valence-electron chi connectivity index (χ4n) is 2.30. The third kappa shape index (κ3) is 3.03. The van der Waals surface area contributed by atoms with E-state index >= 15 is 0 Å². The number of carbonyl (C=O) groups excluding carboxylic acids is 1. The van der Waals surface area contributed by atoms with Gasteiger partial charge in [-0.25, -0.2) is 0 Å². The van der Waals surface area contributed by atoms with Gasteiger partial charge in [0, 0.05) is 20.1 Å². The molecule has 0 aliphatic carbocycles. The number of amides is 1. The Balaban J connectivity index is 1.80. The van der Waals surface area contributed by atoms with Crippen molar-refractivity contribution in [3.05, 3.63) is 36.2 Å². The Morgan fingerprint density at radius 2 is 2.05 bits per heavy atom. The highest BCUT2D eigenvalue weighted by molar-refractivity contribution is 6.04. The zero-order valence-electron chi connectivity index (χ0n) is 11.8. The lowest BCUT2D eigenvalue weighted by molar-refractivity contribution is 0.102. The fraction of sp³-hybridized carbons (Fsp3) is 0.357. The molecule has 1 aromatic carbocycles. The Bertz CT molecular complexity index is 634. The number of morpholine rings is 1. The maximum atomic E-state index is 12.2. The van der Waals surface area contributed by atoms with Crippen molar-refractivity contribution < 1.29 is 9.53 Å². The van der Waals surface area contributed by atoms with Crippen LogP contribution in [0.4, 0.5) is 11.4 Å². The van der Waals surface area contributed by atoms with Crippen molar-refractivity contribution in [2.24, 2.45) is 7.05 Å². The molecule has 0 atom stereocenters. The molecule has 3 rings (SSSR count). The topological polar surface area (TPSA) is 72.3 Å². The number of aromatic nitrogens is 3. The highest BCUT2D eigenvalue weighted by atomic mass is 16.5. The second-order valence-electron chi connectivity index (χ2n) is 4.85. The normalized spacial score (nSPS) is 15.0.